The quantitative estimate of drug-likeness (QED) is 0.592. The average Bonchev–Trinajstić information content (AvgIpc) is 2.04. The van der Waals surface area contributed by atoms with E-state index in [9.17, 15) is 4.79 Å². The number of fused-ring (bicyclic) bond motifs is 1. The zero-order chi connectivity index (χ0) is 8.55. The van der Waals surface area contributed by atoms with E-state index in [2.05, 4.69) is 12.2 Å². The van der Waals surface area contributed by atoms with Crippen LogP contribution in [0.4, 0.5) is 0 Å². The van der Waals surface area contributed by atoms with Crippen LogP contribution in [-0.2, 0) is 4.79 Å². The van der Waals surface area contributed by atoms with Crippen LogP contribution in [0.5, 0.6) is 0 Å². The highest BCUT2D eigenvalue weighted by molar-refractivity contribution is 5.83. The van der Waals surface area contributed by atoms with Crippen LogP contribution in [0.1, 0.15) is 39.0 Å². The summed E-state index contributed by atoms with van der Waals surface area (Å²) in [6, 6.07) is 0.923. The summed E-state index contributed by atoms with van der Waals surface area (Å²) in [5.74, 6) is 0.862. The standard InChI is InChI=1S/C10H17NO/c1-7-6-10(12)8-4-2-3-5-9(8)11-7/h7-9,11H,2-6H2,1H3/t7-,8?,9?/m1/s1. The average molecular weight is 167 g/mol. The highest BCUT2D eigenvalue weighted by Gasteiger charge is 2.35. The van der Waals surface area contributed by atoms with Crippen LogP contribution in [-0.4, -0.2) is 17.9 Å². The van der Waals surface area contributed by atoms with Crippen molar-refractivity contribution in [3.05, 3.63) is 0 Å². The van der Waals surface area contributed by atoms with Gasteiger partial charge in [-0.2, -0.15) is 0 Å². The Labute approximate surface area is 73.7 Å². The fourth-order valence-corrected chi connectivity index (χ4v) is 2.59. The van der Waals surface area contributed by atoms with E-state index in [-0.39, 0.29) is 0 Å². The molecule has 1 saturated carbocycles. The molecular weight excluding hydrogens is 150 g/mol. The van der Waals surface area contributed by atoms with E-state index in [0.717, 1.165) is 12.8 Å². The zero-order valence-electron chi connectivity index (χ0n) is 7.68. The van der Waals surface area contributed by atoms with Gasteiger partial charge in [0, 0.05) is 24.4 Å². The summed E-state index contributed by atoms with van der Waals surface area (Å²) in [6.07, 6.45) is 5.64. The number of carbonyl (C=O) groups is 1. The summed E-state index contributed by atoms with van der Waals surface area (Å²) in [5, 5.41) is 3.53. The normalized spacial score (nSPS) is 42.4. The maximum Gasteiger partial charge on any atom is 0.139 e. The summed E-state index contributed by atoms with van der Waals surface area (Å²) in [4.78, 5) is 11.6. The van der Waals surface area contributed by atoms with Gasteiger partial charge in [-0.25, -0.2) is 0 Å². The Morgan fingerprint density at radius 1 is 1.33 bits per heavy atom. The molecule has 68 valence electrons. The van der Waals surface area contributed by atoms with Crippen molar-refractivity contribution in [1.29, 1.82) is 0 Å². The second-order valence-electron chi connectivity index (χ2n) is 4.24. The molecule has 2 aliphatic rings. The first-order chi connectivity index (χ1) is 5.77. The predicted octanol–water partition coefficient (Wildman–Crippen LogP) is 1.50. The van der Waals surface area contributed by atoms with Gasteiger partial charge >= 0.3 is 0 Å². The first-order valence-electron chi connectivity index (χ1n) is 5.06. The molecule has 2 heteroatoms. The van der Waals surface area contributed by atoms with Gasteiger partial charge in [-0.15, -0.1) is 0 Å². The number of Topliss-reactive ketones (excluding diaryl/α,β-unsaturated/α-hetero) is 1. The molecule has 2 fully saturated rings. The molecule has 1 heterocycles. The van der Waals surface area contributed by atoms with E-state index in [4.69, 9.17) is 0 Å². The van der Waals surface area contributed by atoms with Gasteiger partial charge in [-0.3, -0.25) is 4.79 Å². The van der Waals surface area contributed by atoms with E-state index in [1.54, 1.807) is 0 Å². The summed E-state index contributed by atoms with van der Waals surface area (Å²) < 4.78 is 0. The van der Waals surface area contributed by atoms with Crippen molar-refractivity contribution in [2.75, 3.05) is 0 Å². The number of carbonyl (C=O) groups excluding carboxylic acids is 1. The third kappa shape index (κ3) is 1.40. The molecule has 12 heavy (non-hydrogen) atoms. The van der Waals surface area contributed by atoms with Gasteiger partial charge < -0.3 is 5.32 Å². The van der Waals surface area contributed by atoms with Crippen LogP contribution in [0.15, 0.2) is 0 Å². The van der Waals surface area contributed by atoms with Crippen LogP contribution >= 0.6 is 0 Å². The zero-order valence-corrected chi connectivity index (χ0v) is 7.68. The van der Waals surface area contributed by atoms with E-state index in [1.165, 1.54) is 19.3 Å². The highest BCUT2D eigenvalue weighted by atomic mass is 16.1. The molecule has 0 radical (unpaired) electrons. The highest BCUT2D eigenvalue weighted by Crippen LogP contribution is 2.29. The summed E-state index contributed by atoms with van der Waals surface area (Å²) in [7, 11) is 0. The fraction of sp³-hybridized carbons (Fsp3) is 0.900. The largest absolute Gasteiger partial charge is 0.310 e. The minimum Gasteiger partial charge on any atom is -0.310 e. The lowest BCUT2D eigenvalue weighted by Crippen LogP contribution is -2.52. The number of nitrogens with one attached hydrogen (secondary N) is 1. The van der Waals surface area contributed by atoms with Gasteiger partial charge in [0.2, 0.25) is 0 Å². The molecule has 0 spiro atoms. The number of piperidine rings is 1. The van der Waals surface area contributed by atoms with Crippen molar-refractivity contribution in [3.63, 3.8) is 0 Å². The second kappa shape index (κ2) is 3.17. The van der Waals surface area contributed by atoms with Crippen LogP contribution in [0.2, 0.25) is 0 Å². The molecule has 0 amide bonds. The van der Waals surface area contributed by atoms with E-state index in [0.29, 0.717) is 23.8 Å². The first kappa shape index (κ1) is 8.24. The molecule has 0 aromatic carbocycles. The Balaban J connectivity index is 2.06. The lowest BCUT2D eigenvalue weighted by Gasteiger charge is -2.38. The predicted molar refractivity (Wildman–Crippen MR) is 48.0 cm³/mol. The minimum atomic E-state index is 0.356. The first-order valence-corrected chi connectivity index (χ1v) is 5.06. The van der Waals surface area contributed by atoms with Crippen molar-refractivity contribution in [2.24, 2.45) is 5.92 Å². The topological polar surface area (TPSA) is 29.1 Å². The van der Waals surface area contributed by atoms with E-state index >= 15 is 0 Å². The molecule has 2 nitrogen and oxygen atoms in total. The fourth-order valence-electron chi connectivity index (χ4n) is 2.59. The third-order valence-electron chi connectivity index (χ3n) is 3.19. The van der Waals surface area contributed by atoms with Crippen molar-refractivity contribution in [3.8, 4) is 0 Å². The number of rotatable bonds is 0. The summed E-state index contributed by atoms with van der Waals surface area (Å²) in [6.45, 7) is 2.11. The molecule has 1 saturated heterocycles. The SMILES string of the molecule is C[C@@H]1CC(=O)C2CCCCC2N1. The Kier molecular flexibility index (Phi) is 2.18. The lowest BCUT2D eigenvalue weighted by atomic mass is 9.77. The van der Waals surface area contributed by atoms with Crippen LogP contribution in [0.3, 0.4) is 0 Å². The summed E-state index contributed by atoms with van der Waals surface area (Å²) >= 11 is 0. The van der Waals surface area contributed by atoms with Crippen molar-refractivity contribution in [1.82, 2.24) is 5.32 Å². The number of ketones is 1. The van der Waals surface area contributed by atoms with Crippen molar-refractivity contribution >= 4 is 5.78 Å². The van der Waals surface area contributed by atoms with Crippen LogP contribution in [0.25, 0.3) is 0 Å². The number of hydrogen-bond acceptors (Lipinski definition) is 2. The van der Waals surface area contributed by atoms with E-state index < -0.39 is 0 Å². The molecular formula is C10H17NO. The van der Waals surface area contributed by atoms with Crippen molar-refractivity contribution in [2.45, 2.75) is 51.1 Å². The van der Waals surface area contributed by atoms with Crippen molar-refractivity contribution < 1.29 is 4.79 Å². The Morgan fingerprint density at radius 2 is 2.08 bits per heavy atom. The van der Waals surface area contributed by atoms with Crippen LogP contribution < -0.4 is 5.32 Å². The Bertz CT molecular complexity index is 190. The monoisotopic (exact) mass is 167 g/mol. The molecule has 0 bridgehead atoms. The Hall–Kier alpha value is -0.370. The van der Waals surface area contributed by atoms with E-state index in [1.807, 2.05) is 0 Å². The molecule has 1 aliphatic heterocycles. The number of hydrogen-bond donors (Lipinski definition) is 1. The second-order valence-corrected chi connectivity index (χ2v) is 4.24. The van der Waals surface area contributed by atoms with Gasteiger partial charge in [0.1, 0.15) is 5.78 Å². The van der Waals surface area contributed by atoms with Gasteiger partial charge in [-0.1, -0.05) is 12.8 Å². The minimum absolute atomic E-state index is 0.356. The smallest absolute Gasteiger partial charge is 0.139 e. The van der Waals surface area contributed by atoms with Gasteiger partial charge in [-0.05, 0) is 19.8 Å². The molecule has 1 N–H and O–H groups in total. The maximum atomic E-state index is 11.6. The molecule has 3 atom stereocenters. The maximum absolute atomic E-state index is 11.6. The summed E-state index contributed by atoms with van der Waals surface area (Å²) in [5.41, 5.74) is 0. The molecule has 2 rings (SSSR count). The molecule has 0 aromatic heterocycles. The lowest BCUT2D eigenvalue weighted by molar-refractivity contribution is -0.127. The molecule has 2 unspecified atom stereocenters. The van der Waals surface area contributed by atoms with Gasteiger partial charge in [0.25, 0.3) is 0 Å². The van der Waals surface area contributed by atoms with Gasteiger partial charge in [0.05, 0.1) is 0 Å². The van der Waals surface area contributed by atoms with Gasteiger partial charge in [0.15, 0.2) is 0 Å². The third-order valence-corrected chi connectivity index (χ3v) is 3.19. The molecule has 1 aliphatic carbocycles. The molecule has 0 aromatic rings. The Morgan fingerprint density at radius 3 is 2.92 bits per heavy atom. The van der Waals surface area contributed by atoms with Crippen LogP contribution in [0, 0.1) is 5.92 Å².